The number of Topliss-reactive ketones (excluding diaryl/α,β-unsaturated/α-hetero) is 1. The average Bonchev–Trinajstić information content (AvgIpc) is 2.54. The van der Waals surface area contributed by atoms with Crippen molar-refractivity contribution in [2.75, 3.05) is 0 Å². The normalized spacial score (nSPS) is 49.1. The molecule has 0 radical (unpaired) electrons. The lowest BCUT2D eigenvalue weighted by atomic mass is 9.44. The zero-order valence-corrected chi connectivity index (χ0v) is 18.1. The molecule has 4 aliphatic rings. The van der Waals surface area contributed by atoms with E-state index in [0.717, 1.165) is 17.6 Å². The van der Waals surface area contributed by atoms with E-state index in [1.807, 2.05) is 13.0 Å². The van der Waals surface area contributed by atoms with Gasteiger partial charge in [0.25, 0.3) is 0 Å². The van der Waals surface area contributed by atoms with Crippen LogP contribution in [-0.4, -0.2) is 28.7 Å². The molecule has 0 aromatic heterocycles. The van der Waals surface area contributed by atoms with Gasteiger partial charge in [0.15, 0.2) is 5.78 Å². The van der Waals surface area contributed by atoms with Gasteiger partial charge in [0, 0.05) is 24.7 Å². The van der Waals surface area contributed by atoms with Gasteiger partial charge in [-0.2, -0.15) is 0 Å². The maximum Gasteiger partial charge on any atom is 0.159 e. The van der Waals surface area contributed by atoms with Crippen LogP contribution in [0.2, 0.25) is 0 Å². The van der Waals surface area contributed by atoms with Crippen LogP contribution >= 0.6 is 0 Å². The van der Waals surface area contributed by atoms with Gasteiger partial charge in [-0.25, -0.2) is 0 Å². The van der Waals surface area contributed by atoms with Crippen molar-refractivity contribution in [3.63, 3.8) is 0 Å². The molecule has 28 heavy (non-hydrogen) atoms. The Morgan fingerprint density at radius 1 is 1.21 bits per heavy atom. The van der Waals surface area contributed by atoms with E-state index in [9.17, 15) is 9.90 Å². The Morgan fingerprint density at radius 2 is 1.93 bits per heavy atom. The lowest BCUT2D eigenvalue weighted by molar-refractivity contribution is -0.230. The molecular weight excluding hydrogens is 348 g/mol. The SMILES string of the molecule is C=C1/C=C\[C@@H]2[C@@]3(C)CCCC(C)(C)[C@@H]3[C@H](O)C[C@@]2(C)O[C@@H]2C=C(C)C(=O)C[C@H]12. The number of aliphatic hydroxyl groups excluding tert-OH is 1. The van der Waals surface area contributed by atoms with Gasteiger partial charge in [0.2, 0.25) is 0 Å². The first-order valence-electron chi connectivity index (χ1n) is 10.9. The monoisotopic (exact) mass is 384 g/mol. The Morgan fingerprint density at radius 3 is 2.64 bits per heavy atom. The van der Waals surface area contributed by atoms with Gasteiger partial charge in [0.05, 0.1) is 17.8 Å². The summed E-state index contributed by atoms with van der Waals surface area (Å²) in [5.41, 5.74) is 1.44. The summed E-state index contributed by atoms with van der Waals surface area (Å²) >= 11 is 0. The minimum Gasteiger partial charge on any atom is -0.393 e. The van der Waals surface area contributed by atoms with Gasteiger partial charge in [-0.15, -0.1) is 0 Å². The highest BCUT2D eigenvalue weighted by molar-refractivity contribution is 5.96. The number of ether oxygens (including phenoxy) is 1. The molecule has 4 rings (SSSR count). The Balaban J connectivity index is 1.80. The highest BCUT2D eigenvalue weighted by atomic mass is 16.5. The molecule has 2 fully saturated rings. The molecular formula is C25H36O3. The first-order chi connectivity index (χ1) is 13.0. The van der Waals surface area contributed by atoms with Gasteiger partial charge in [-0.1, -0.05) is 45.9 Å². The lowest BCUT2D eigenvalue weighted by Crippen LogP contribution is -2.64. The smallest absolute Gasteiger partial charge is 0.159 e. The van der Waals surface area contributed by atoms with Crippen molar-refractivity contribution in [2.24, 2.45) is 28.6 Å². The third kappa shape index (κ3) is 2.89. The molecule has 0 unspecified atom stereocenters. The molecule has 3 heteroatoms. The summed E-state index contributed by atoms with van der Waals surface area (Å²) in [7, 11) is 0. The molecule has 7 atom stereocenters. The fourth-order valence-corrected chi connectivity index (χ4v) is 7.39. The predicted octanol–water partition coefficient (Wildman–Crippen LogP) is 5.01. The topological polar surface area (TPSA) is 46.5 Å². The molecule has 0 bridgehead atoms. The molecule has 0 spiro atoms. The molecule has 1 aliphatic heterocycles. The summed E-state index contributed by atoms with van der Waals surface area (Å²) in [6, 6.07) is 0. The summed E-state index contributed by atoms with van der Waals surface area (Å²) in [5, 5.41) is 11.3. The van der Waals surface area contributed by atoms with Crippen LogP contribution in [0.15, 0.2) is 36.0 Å². The number of ketones is 1. The van der Waals surface area contributed by atoms with Crippen LogP contribution in [0.4, 0.5) is 0 Å². The molecule has 0 amide bonds. The largest absolute Gasteiger partial charge is 0.393 e. The first kappa shape index (κ1) is 20.1. The molecule has 0 aromatic rings. The molecule has 0 aromatic carbocycles. The van der Waals surface area contributed by atoms with Gasteiger partial charge >= 0.3 is 0 Å². The summed E-state index contributed by atoms with van der Waals surface area (Å²) < 4.78 is 6.83. The van der Waals surface area contributed by atoms with Gasteiger partial charge in [0.1, 0.15) is 0 Å². The molecule has 3 aliphatic carbocycles. The minimum absolute atomic E-state index is 0.00399. The van der Waals surface area contributed by atoms with E-state index in [4.69, 9.17) is 4.74 Å². The Labute approximate surface area is 169 Å². The van der Waals surface area contributed by atoms with Crippen LogP contribution in [0.3, 0.4) is 0 Å². The van der Waals surface area contributed by atoms with Gasteiger partial charge < -0.3 is 9.84 Å². The van der Waals surface area contributed by atoms with Crippen LogP contribution in [0, 0.1) is 28.6 Å². The van der Waals surface area contributed by atoms with Crippen LogP contribution in [0.5, 0.6) is 0 Å². The molecule has 1 N–H and O–H groups in total. The van der Waals surface area contributed by atoms with E-state index in [0.29, 0.717) is 12.8 Å². The standard InChI is InChI=1S/C25H36O3/c1-15-8-9-21-24(5)11-7-10-23(3,4)22(24)19(27)14-25(21,6)28-20-12-16(2)18(26)13-17(15)20/h8-9,12,17,19-22,27H,1,7,10-11,13-14H2,2-6H3/b9-8-/t17-,19-,20-,21-,22+,24-,25-/m1/s1. The maximum atomic E-state index is 12.3. The van der Waals surface area contributed by atoms with E-state index >= 15 is 0 Å². The summed E-state index contributed by atoms with van der Waals surface area (Å²) in [6.07, 6.45) is 10.5. The summed E-state index contributed by atoms with van der Waals surface area (Å²) in [4.78, 5) is 12.3. The molecule has 0 saturated heterocycles. The second kappa shape index (κ2) is 6.40. The Bertz CT molecular complexity index is 760. The summed E-state index contributed by atoms with van der Waals surface area (Å²) in [5.74, 6) is 0.660. The molecule has 2 saturated carbocycles. The number of rotatable bonds is 0. The fraction of sp³-hybridized carbons (Fsp3) is 0.720. The predicted molar refractivity (Wildman–Crippen MR) is 112 cm³/mol. The molecule has 1 heterocycles. The van der Waals surface area contributed by atoms with E-state index in [-0.39, 0.29) is 46.6 Å². The zero-order chi connectivity index (χ0) is 20.5. The number of allylic oxidation sites excluding steroid dienone is 2. The van der Waals surface area contributed by atoms with Crippen molar-refractivity contribution >= 4 is 5.78 Å². The van der Waals surface area contributed by atoms with Crippen LogP contribution < -0.4 is 0 Å². The maximum absolute atomic E-state index is 12.3. The van der Waals surface area contributed by atoms with Crippen molar-refractivity contribution in [3.05, 3.63) is 36.0 Å². The number of hydrogen-bond acceptors (Lipinski definition) is 3. The van der Waals surface area contributed by atoms with Crippen molar-refractivity contribution < 1.29 is 14.6 Å². The fourth-order valence-electron chi connectivity index (χ4n) is 7.39. The highest BCUT2D eigenvalue weighted by Gasteiger charge is 2.62. The second-order valence-electron chi connectivity index (χ2n) is 11.0. The minimum atomic E-state index is -0.449. The third-order valence-corrected chi connectivity index (χ3v) is 8.50. The second-order valence-corrected chi connectivity index (χ2v) is 11.0. The van der Waals surface area contributed by atoms with E-state index in [2.05, 4.69) is 46.4 Å². The van der Waals surface area contributed by atoms with Crippen LogP contribution in [0.1, 0.15) is 66.7 Å². The Hall–Kier alpha value is -1.19. The summed E-state index contributed by atoms with van der Waals surface area (Å²) in [6.45, 7) is 15.4. The van der Waals surface area contributed by atoms with E-state index in [1.165, 1.54) is 12.8 Å². The van der Waals surface area contributed by atoms with Crippen LogP contribution in [0.25, 0.3) is 0 Å². The highest BCUT2D eigenvalue weighted by Crippen LogP contribution is 2.63. The average molecular weight is 385 g/mol. The number of aliphatic hydroxyl groups is 1. The van der Waals surface area contributed by atoms with Crippen LogP contribution in [-0.2, 0) is 9.53 Å². The van der Waals surface area contributed by atoms with Crippen molar-refractivity contribution in [2.45, 2.75) is 84.5 Å². The number of carbonyl (C=O) groups excluding carboxylic acids is 1. The van der Waals surface area contributed by atoms with E-state index < -0.39 is 5.60 Å². The van der Waals surface area contributed by atoms with E-state index in [1.54, 1.807) is 0 Å². The van der Waals surface area contributed by atoms with Crippen molar-refractivity contribution in [1.82, 2.24) is 0 Å². The van der Waals surface area contributed by atoms with Crippen molar-refractivity contribution in [1.29, 1.82) is 0 Å². The number of carbonyl (C=O) groups is 1. The van der Waals surface area contributed by atoms with Gasteiger partial charge in [-0.05, 0) is 60.7 Å². The van der Waals surface area contributed by atoms with Crippen molar-refractivity contribution in [3.8, 4) is 0 Å². The third-order valence-electron chi connectivity index (χ3n) is 8.50. The Kier molecular flexibility index (Phi) is 4.60. The number of hydrogen-bond donors (Lipinski definition) is 1. The number of fused-ring (bicyclic) bond motifs is 4. The van der Waals surface area contributed by atoms with Gasteiger partial charge in [-0.3, -0.25) is 4.79 Å². The molecule has 154 valence electrons. The lowest BCUT2D eigenvalue weighted by Gasteiger charge is -2.64. The first-order valence-corrected chi connectivity index (χ1v) is 10.9. The quantitative estimate of drug-likeness (QED) is 0.639. The molecule has 3 nitrogen and oxygen atoms in total. The zero-order valence-electron chi connectivity index (χ0n) is 18.1.